The van der Waals surface area contributed by atoms with E-state index in [9.17, 15) is 0 Å². The normalized spacial score (nSPS) is 12.0. The van der Waals surface area contributed by atoms with Crippen LogP contribution in [0.15, 0.2) is 0 Å². The molecule has 0 heterocycles. The van der Waals surface area contributed by atoms with Gasteiger partial charge in [-0.2, -0.15) is 0 Å². The highest BCUT2D eigenvalue weighted by Gasteiger charge is 2.07. The molecular formula is C10H22IN. The van der Waals surface area contributed by atoms with Crippen LogP contribution in [0.25, 0.3) is 0 Å². The fourth-order valence-corrected chi connectivity index (χ4v) is 2.09. The molecule has 0 spiro atoms. The topological polar surface area (TPSA) is 3.24 Å². The molecule has 74 valence electrons. The van der Waals surface area contributed by atoms with Gasteiger partial charge in [0, 0.05) is 24.1 Å². The summed E-state index contributed by atoms with van der Waals surface area (Å²) in [6.45, 7) is 12.9. The lowest BCUT2D eigenvalue weighted by Gasteiger charge is -2.25. The molecule has 0 aliphatic rings. The van der Waals surface area contributed by atoms with E-state index < -0.39 is 0 Å². The highest BCUT2D eigenvalue weighted by molar-refractivity contribution is 14.1. The molecule has 0 unspecified atom stereocenters. The van der Waals surface area contributed by atoms with Crippen molar-refractivity contribution in [2.75, 3.05) is 24.1 Å². The minimum Gasteiger partial charge on any atom is -0.302 e. The van der Waals surface area contributed by atoms with Crippen molar-refractivity contribution < 1.29 is 0 Å². The molecule has 0 aromatic carbocycles. The second-order valence-corrected chi connectivity index (χ2v) is 5.32. The van der Waals surface area contributed by atoms with E-state index in [4.69, 9.17) is 0 Å². The second kappa shape index (κ2) is 7.13. The Labute approximate surface area is 91.0 Å². The third kappa shape index (κ3) is 7.35. The third-order valence-corrected chi connectivity index (χ3v) is 2.13. The second-order valence-electron chi connectivity index (χ2n) is 4.24. The van der Waals surface area contributed by atoms with E-state index in [2.05, 4.69) is 55.2 Å². The number of halogens is 1. The number of hydrogen-bond donors (Lipinski definition) is 0. The van der Waals surface area contributed by atoms with E-state index in [1.54, 1.807) is 0 Å². The van der Waals surface area contributed by atoms with Gasteiger partial charge in [0.2, 0.25) is 0 Å². The molecule has 0 atom stereocenters. The molecular weight excluding hydrogens is 261 g/mol. The number of alkyl halides is 1. The SMILES string of the molecule is CC(C)CN(CCI)CC(C)C. The fraction of sp³-hybridized carbons (Fsp3) is 1.00. The van der Waals surface area contributed by atoms with Crippen LogP contribution in [0.1, 0.15) is 27.7 Å². The number of nitrogens with zero attached hydrogens (tertiary/aromatic N) is 1. The van der Waals surface area contributed by atoms with Crippen LogP contribution in [0.5, 0.6) is 0 Å². The van der Waals surface area contributed by atoms with E-state index >= 15 is 0 Å². The fourth-order valence-electron chi connectivity index (χ4n) is 1.41. The summed E-state index contributed by atoms with van der Waals surface area (Å²) >= 11 is 2.45. The predicted octanol–water partition coefficient (Wildman–Crippen LogP) is 3.04. The Morgan fingerprint density at radius 2 is 1.42 bits per heavy atom. The van der Waals surface area contributed by atoms with E-state index in [0.717, 1.165) is 11.8 Å². The van der Waals surface area contributed by atoms with Gasteiger partial charge in [0.25, 0.3) is 0 Å². The van der Waals surface area contributed by atoms with Crippen LogP contribution in [-0.2, 0) is 0 Å². The van der Waals surface area contributed by atoms with Crippen molar-refractivity contribution in [1.29, 1.82) is 0 Å². The molecule has 0 amide bonds. The van der Waals surface area contributed by atoms with Crippen LogP contribution < -0.4 is 0 Å². The molecule has 0 aliphatic heterocycles. The maximum absolute atomic E-state index is 2.57. The molecule has 1 nitrogen and oxygen atoms in total. The van der Waals surface area contributed by atoms with Gasteiger partial charge in [0.05, 0.1) is 0 Å². The van der Waals surface area contributed by atoms with Crippen molar-refractivity contribution in [1.82, 2.24) is 4.90 Å². The van der Waals surface area contributed by atoms with Gasteiger partial charge in [-0.3, -0.25) is 0 Å². The maximum atomic E-state index is 2.57. The standard InChI is InChI=1S/C10H22IN/c1-9(2)7-12(6-5-11)8-10(3)4/h9-10H,5-8H2,1-4H3. The summed E-state index contributed by atoms with van der Waals surface area (Å²) in [4.78, 5) is 2.57. The van der Waals surface area contributed by atoms with Gasteiger partial charge in [-0.05, 0) is 11.8 Å². The summed E-state index contributed by atoms with van der Waals surface area (Å²) in [5.74, 6) is 1.60. The maximum Gasteiger partial charge on any atom is 0.0123 e. The van der Waals surface area contributed by atoms with E-state index in [1.165, 1.54) is 24.1 Å². The molecule has 12 heavy (non-hydrogen) atoms. The zero-order valence-electron chi connectivity index (χ0n) is 8.81. The smallest absolute Gasteiger partial charge is 0.0123 e. The molecule has 0 saturated heterocycles. The van der Waals surface area contributed by atoms with Crippen LogP contribution >= 0.6 is 22.6 Å². The molecule has 0 fully saturated rings. The molecule has 2 heteroatoms. The summed E-state index contributed by atoms with van der Waals surface area (Å²) in [6.07, 6.45) is 0. The van der Waals surface area contributed by atoms with Gasteiger partial charge in [-0.25, -0.2) is 0 Å². The predicted molar refractivity (Wildman–Crippen MR) is 65.0 cm³/mol. The van der Waals surface area contributed by atoms with Crippen molar-refractivity contribution in [2.45, 2.75) is 27.7 Å². The van der Waals surface area contributed by atoms with Crippen molar-refractivity contribution in [3.8, 4) is 0 Å². The zero-order chi connectivity index (χ0) is 9.56. The molecule has 0 bridgehead atoms. The van der Waals surface area contributed by atoms with Crippen molar-refractivity contribution in [3.05, 3.63) is 0 Å². The lowest BCUT2D eigenvalue weighted by molar-refractivity contribution is 0.233. The Kier molecular flexibility index (Phi) is 7.54. The van der Waals surface area contributed by atoms with Crippen LogP contribution in [0, 0.1) is 11.8 Å². The van der Waals surface area contributed by atoms with Gasteiger partial charge in [0.1, 0.15) is 0 Å². The van der Waals surface area contributed by atoms with Gasteiger partial charge >= 0.3 is 0 Å². The first-order chi connectivity index (χ1) is 5.56. The van der Waals surface area contributed by atoms with Crippen LogP contribution in [0.3, 0.4) is 0 Å². The minimum atomic E-state index is 0.798. The molecule has 0 N–H and O–H groups in total. The highest BCUT2D eigenvalue weighted by Crippen LogP contribution is 2.03. The van der Waals surface area contributed by atoms with Crippen molar-refractivity contribution in [3.63, 3.8) is 0 Å². The Morgan fingerprint density at radius 1 is 1.00 bits per heavy atom. The number of rotatable bonds is 6. The average Bonchev–Trinajstić information content (AvgIpc) is 1.84. The summed E-state index contributed by atoms with van der Waals surface area (Å²) in [5.41, 5.74) is 0. The lowest BCUT2D eigenvalue weighted by atomic mass is 10.1. The minimum absolute atomic E-state index is 0.798. The summed E-state index contributed by atoms with van der Waals surface area (Å²) in [7, 11) is 0. The Balaban J connectivity index is 3.69. The van der Waals surface area contributed by atoms with Gasteiger partial charge in [-0.15, -0.1) is 0 Å². The lowest BCUT2D eigenvalue weighted by Crippen LogP contribution is -2.32. The van der Waals surface area contributed by atoms with Crippen LogP contribution in [0.2, 0.25) is 0 Å². The van der Waals surface area contributed by atoms with Crippen LogP contribution in [-0.4, -0.2) is 29.0 Å². The first-order valence-electron chi connectivity index (χ1n) is 4.84. The largest absolute Gasteiger partial charge is 0.302 e. The molecule has 0 radical (unpaired) electrons. The van der Waals surface area contributed by atoms with E-state index in [0.29, 0.717) is 0 Å². The number of hydrogen-bond acceptors (Lipinski definition) is 1. The van der Waals surface area contributed by atoms with Gasteiger partial charge in [0.15, 0.2) is 0 Å². The summed E-state index contributed by atoms with van der Waals surface area (Å²) in [6, 6.07) is 0. The van der Waals surface area contributed by atoms with Gasteiger partial charge in [-0.1, -0.05) is 50.3 Å². The summed E-state index contributed by atoms with van der Waals surface area (Å²) < 4.78 is 1.25. The van der Waals surface area contributed by atoms with E-state index in [1.807, 2.05) is 0 Å². The van der Waals surface area contributed by atoms with Crippen molar-refractivity contribution in [2.24, 2.45) is 11.8 Å². The highest BCUT2D eigenvalue weighted by atomic mass is 127. The Morgan fingerprint density at radius 3 is 1.67 bits per heavy atom. The Bertz CT molecular complexity index is 92.0. The zero-order valence-corrected chi connectivity index (χ0v) is 11.0. The third-order valence-electron chi connectivity index (χ3n) is 1.65. The van der Waals surface area contributed by atoms with Crippen molar-refractivity contribution >= 4 is 22.6 Å². The first kappa shape index (κ1) is 12.7. The Hall–Kier alpha value is 0.690. The van der Waals surface area contributed by atoms with E-state index in [-0.39, 0.29) is 0 Å². The quantitative estimate of drug-likeness (QED) is 0.535. The first-order valence-corrected chi connectivity index (χ1v) is 6.37. The summed E-state index contributed by atoms with van der Waals surface area (Å²) in [5, 5.41) is 0. The molecule has 0 aliphatic carbocycles. The van der Waals surface area contributed by atoms with Gasteiger partial charge < -0.3 is 4.90 Å². The molecule has 0 rings (SSSR count). The molecule has 0 aromatic heterocycles. The molecule has 0 saturated carbocycles. The monoisotopic (exact) mass is 283 g/mol. The molecule has 0 aromatic rings. The average molecular weight is 283 g/mol. The van der Waals surface area contributed by atoms with Crippen LogP contribution in [0.4, 0.5) is 0 Å².